The van der Waals surface area contributed by atoms with Gasteiger partial charge in [-0.3, -0.25) is 9.59 Å². The molecule has 0 bridgehead atoms. The van der Waals surface area contributed by atoms with Gasteiger partial charge >= 0.3 is 11.9 Å². The van der Waals surface area contributed by atoms with Crippen molar-refractivity contribution in [1.29, 1.82) is 0 Å². The fourth-order valence-corrected chi connectivity index (χ4v) is 0.971. The first-order valence-electron chi connectivity index (χ1n) is 5.72. The van der Waals surface area contributed by atoms with E-state index in [-0.39, 0.29) is 18.0 Å². The molecule has 0 aliphatic heterocycles. The summed E-state index contributed by atoms with van der Waals surface area (Å²) in [6, 6.07) is 0. The van der Waals surface area contributed by atoms with Crippen LogP contribution in [-0.4, -0.2) is 52.1 Å². The molecule has 0 aromatic rings. The van der Waals surface area contributed by atoms with Crippen molar-refractivity contribution in [2.24, 2.45) is 0 Å². The molecule has 0 aromatic carbocycles. The number of ether oxygens (including phenoxy) is 4. The summed E-state index contributed by atoms with van der Waals surface area (Å²) in [4.78, 5) is 20.4. The summed E-state index contributed by atoms with van der Waals surface area (Å²) in [6.45, 7) is 6.12. The average Bonchev–Trinajstić information content (AvgIpc) is 2.24. The van der Waals surface area contributed by atoms with Gasteiger partial charge in [-0.25, -0.2) is 0 Å². The van der Waals surface area contributed by atoms with Crippen LogP contribution in [-0.2, 0) is 28.5 Å². The van der Waals surface area contributed by atoms with Crippen LogP contribution in [0.1, 0.15) is 27.2 Å². The van der Waals surface area contributed by atoms with E-state index in [1.807, 2.05) is 0 Å². The van der Waals surface area contributed by atoms with Crippen LogP contribution < -0.4 is 0 Å². The van der Waals surface area contributed by atoms with E-state index in [9.17, 15) is 9.59 Å². The molecule has 0 spiro atoms. The van der Waals surface area contributed by atoms with E-state index in [4.69, 9.17) is 14.2 Å². The molecule has 0 rings (SSSR count). The molecule has 0 N–H and O–H groups in total. The maximum absolute atomic E-state index is 10.3. The molecular formula is C12H24O6. The lowest BCUT2D eigenvalue weighted by Crippen LogP contribution is -2.17. The molecule has 0 aliphatic carbocycles. The van der Waals surface area contributed by atoms with Crippen LogP contribution in [0.2, 0.25) is 0 Å². The van der Waals surface area contributed by atoms with Crippen molar-refractivity contribution < 1.29 is 28.5 Å². The number of rotatable bonds is 7. The van der Waals surface area contributed by atoms with Crippen molar-refractivity contribution in [3.05, 3.63) is 0 Å². The molecule has 18 heavy (non-hydrogen) atoms. The predicted molar refractivity (Wildman–Crippen MR) is 66.2 cm³/mol. The van der Waals surface area contributed by atoms with Gasteiger partial charge in [-0.2, -0.15) is 0 Å². The number of carbonyl (C=O) groups excluding carboxylic acids is 2. The Morgan fingerprint density at radius 1 is 1.00 bits per heavy atom. The summed E-state index contributed by atoms with van der Waals surface area (Å²) < 4.78 is 18.8. The highest BCUT2D eigenvalue weighted by molar-refractivity contribution is 5.66. The second-order valence-electron chi connectivity index (χ2n) is 3.56. The highest BCUT2D eigenvalue weighted by Crippen LogP contribution is 1.90. The van der Waals surface area contributed by atoms with Crippen molar-refractivity contribution in [2.45, 2.75) is 33.3 Å². The van der Waals surface area contributed by atoms with Gasteiger partial charge in [-0.1, -0.05) is 0 Å². The van der Waals surface area contributed by atoms with Gasteiger partial charge in [0.1, 0.15) is 6.10 Å². The fraction of sp³-hybridized carbons (Fsp3) is 0.833. The third kappa shape index (κ3) is 20.3. The second kappa shape index (κ2) is 13.9. The number of hydrogen-bond acceptors (Lipinski definition) is 6. The first kappa shape index (κ1) is 19.2. The van der Waals surface area contributed by atoms with E-state index in [0.29, 0.717) is 19.8 Å². The number of methoxy groups -OCH3 is 2. The lowest BCUT2D eigenvalue weighted by Gasteiger charge is -2.08. The molecule has 0 radical (unpaired) electrons. The zero-order valence-electron chi connectivity index (χ0n) is 11.9. The average molecular weight is 264 g/mol. The Morgan fingerprint density at radius 2 is 1.61 bits per heavy atom. The molecular weight excluding hydrogens is 240 g/mol. The Balaban J connectivity index is 0. The summed E-state index contributed by atoms with van der Waals surface area (Å²) in [5.74, 6) is -0.495. The van der Waals surface area contributed by atoms with Crippen LogP contribution >= 0.6 is 0 Å². The molecule has 108 valence electrons. The van der Waals surface area contributed by atoms with E-state index in [2.05, 4.69) is 4.74 Å². The van der Waals surface area contributed by atoms with Gasteiger partial charge in [0, 0.05) is 41.1 Å². The van der Waals surface area contributed by atoms with Gasteiger partial charge in [0.15, 0.2) is 0 Å². The first-order chi connectivity index (χ1) is 8.43. The van der Waals surface area contributed by atoms with Gasteiger partial charge in [-0.15, -0.1) is 0 Å². The molecule has 1 atom stereocenters. The zero-order valence-corrected chi connectivity index (χ0v) is 11.9. The second-order valence-corrected chi connectivity index (χ2v) is 3.56. The maximum atomic E-state index is 10.3. The summed E-state index contributed by atoms with van der Waals surface area (Å²) in [6.07, 6.45) is 0.642. The molecule has 6 nitrogen and oxygen atoms in total. The number of hydrogen-bond donors (Lipinski definition) is 0. The highest BCUT2D eigenvalue weighted by Gasteiger charge is 2.02. The molecule has 0 heterocycles. The van der Waals surface area contributed by atoms with Crippen molar-refractivity contribution in [3.8, 4) is 0 Å². The lowest BCUT2D eigenvalue weighted by atomic mass is 10.4. The molecule has 0 saturated carbocycles. The van der Waals surface area contributed by atoms with E-state index >= 15 is 0 Å². The van der Waals surface area contributed by atoms with Crippen LogP contribution in [0.4, 0.5) is 0 Å². The fourth-order valence-electron chi connectivity index (χ4n) is 0.971. The third-order valence-electron chi connectivity index (χ3n) is 1.57. The van der Waals surface area contributed by atoms with Gasteiger partial charge in [0.05, 0.1) is 13.2 Å². The van der Waals surface area contributed by atoms with E-state index in [0.717, 1.165) is 6.42 Å². The van der Waals surface area contributed by atoms with Crippen LogP contribution in [0.25, 0.3) is 0 Å². The van der Waals surface area contributed by atoms with Gasteiger partial charge in [0.25, 0.3) is 0 Å². The Hall–Kier alpha value is -1.14. The van der Waals surface area contributed by atoms with Crippen molar-refractivity contribution in [3.63, 3.8) is 0 Å². The molecule has 0 amide bonds. The van der Waals surface area contributed by atoms with Crippen LogP contribution in [0, 0.1) is 0 Å². The molecule has 1 unspecified atom stereocenters. The Morgan fingerprint density at radius 3 is 2.00 bits per heavy atom. The maximum Gasteiger partial charge on any atom is 0.302 e. The summed E-state index contributed by atoms with van der Waals surface area (Å²) in [5, 5.41) is 0. The molecule has 0 aromatic heterocycles. The van der Waals surface area contributed by atoms with Gasteiger partial charge < -0.3 is 18.9 Å². The molecule has 0 saturated heterocycles. The van der Waals surface area contributed by atoms with Crippen LogP contribution in [0.15, 0.2) is 0 Å². The van der Waals surface area contributed by atoms with Crippen molar-refractivity contribution in [2.75, 3.05) is 34.0 Å². The number of esters is 2. The minimum absolute atomic E-state index is 0.132. The minimum atomic E-state index is -0.264. The van der Waals surface area contributed by atoms with Gasteiger partial charge in [0.2, 0.25) is 0 Å². The van der Waals surface area contributed by atoms with Crippen LogP contribution in [0.3, 0.4) is 0 Å². The summed E-state index contributed by atoms with van der Waals surface area (Å²) in [5.41, 5.74) is 0. The SMILES string of the molecule is COCC(C)OC(C)=O.COCCCOC(C)=O. The quantitative estimate of drug-likeness (QED) is 0.508. The topological polar surface area (TPSA) is 71.1 Å². The van der Waals surface area contributed by atoms with Gasteiger partial charge in [-0.05, 0) is 6.92 Å². The monoisotopic (exact) mass is 264 g/mol. The molecule has 0 fully saturated rings. The van der Waals surface area contributed by atoms with E-state index in [1.165, 1.54) is 13.8 Å². The van der Waals surface area contributed by atoms with E-state index in [1.54, 1.807) is 21.1 Å². The third-order valence-corrected chi connectivity index (χ3v) is 1.57. The zero-order chi connectivity index (χ0) is 14.4. The van der Waals surface area contributed by atoms with E-state index < -0.39 is 0 Å². The molecule has 6 heteroatoms. The largest absolute Gasteiger partial charge is 0.466 e. The van der Waals surface area contributed by atoms with Crippen molar-refractivity contribution >= 4 is 11.9 Å². The standard InChI is InChI=1S/2C6H12O3/c1-5(4-8-3)9-6(2)7;1-6(7)9-5-3-4-8-2/h5H,4H2,1-3H3;3-5H2,1-2H3. The Kier molecular flexibility index (Phi) is 14.9. The summed E-state index contributed by atoms with van der Waals surface area (Å²) in [7, 11) is 3.19. The first-order valence-corrected chi connectivity index (χ1v) is 5.72. The molecule has 0 aliphatic rings. The minimum Gasteiger partial charge on any atom is -0.466 e. The number of carbonyl (C=O) groups is 2. The normalized spacial score (nSPS) is 10.9. The Labute approximate surface area is 109 Å². The lowest BCUT2D eigenvalue weighted by molar-refractivity contribution is -0.147. The highest BCUT2D eigenvalue weighted by atomic mass is 16.6. The predicted octanol–water partition coefficient (Wildman–Crippen LogP) is 1.17. The van der Waals surface area contributed by atoms with Crippen LogP contribution in [0.5, 0.6) is 0 Å². The smallest absolute Gasteiger partial charge is 0.302 e. The van der Waals surface area contributed by atoms with Crippen molar-refractivity contribution in [1.82, 2.24) is 0 Å². The Bertz CT molecular complexity index is 217. The summed E-state index contributed by atoms with van der Waals surface area (Å²) >= 11 is 0.